The van der Waals surface area contributed by atoms with Gasteiger partial charge in [0.15, 0.2) is 0 Å². The second-order valence-corrected chi connectivity index (χ2v) is 5.94. The maximum absolute atomic E-state index is 12.5. The smallest absolute Gasteiger partial charge is 0.316 e. The summed E-state index contributed by atoms with van der Waals surface area (Å²) in [5, 5.41) is 2.75. The molecule has 2 rings (SSSR count). The van der Waals surface area contributed by atoms with E-state index in [9.17, 15) is 13.6 Å². The zero-order valence-electron chi connectivity index (χ0n) is 11.3. The molecule has 1 aromatic carbocycles. The van der Waals surface area contributed by atoms with Crippen molar-refractivity contribution in [3.63, 3.8) is 0 Å². The van der Waals surface area contributed by atoms with Crippen LogP contribution in [0, 0.1) is 0 Å². The van der Waals surface area contributed by atoms with Crippen LogP contribution >= 0.6 is 11.8 Å². The molecule has 1 aromatic rings. The van der Waals surface area contributed by atoms with Gasteiger partial charge in [-0.2, -0.15) is 0 Å². The van der Waals surface area contributed by atoms with Crippen molar-refractivity contribution >= 4 is 23.5 Å². The number of benzene rings is 1. The van der Waals surface area contributed by atoms with Crippen molar-refractivity contribution in [3.05, 3.63) is 24.3 Å². The number of hydrogen-bond donors (Lipinski definition) is 1. The summed E-state index contributed by atoms with van der Waals surface area (Å²) in [7, 11) is 0. The molecule has 0 unspecified atom stereocenters. The SMILES string of the molecule is CCSc1ccccc1NC(=O)N(CC(F)F)C1CC1. The van der Waals surface area contributed by atoms with Gasteiger partial charge in [0.2, 0.25) is 0 Å². The van der Waals surface area contributed by atoms with Crippen LogP contribution in [0.4, 0.5) is 19.3 Å². The molecule has 0 saturated heterocycles. The first-order valence-electron chi connectivity index (χ1n) is 6.69. The summed E-state index contributed by atoms with van der Waals surface area (Å²) in [5.41, 5.74) is 0.685. The van der Waals surface area contributed by atoms with Gasteiger partial charge in [0, 0.05) is 10.9 Å². The van der Waals surface area contributed by atoms with Gasteiger partial charge in [0.1, 0.15) is 0 Å². The first-order valence-corrected chi connectivity index (χ1v) is 7.68. The first kappa shape index (κ1) is 15.1. The van der Waals surface area contributed by atoms with Crippen molar-refractivity contribution in [2.45, 2.75) is 37.1 Å². The quantitative estimate of drug-likeness (QED) is 0.804. The molecule has 0 atom stereocenters. The van der Waals surface area contributed by atoms with Crippen LogP contribution < -0.4 is 5.32 Å². The molecule has 110 valence electrons. The zero-order chi connectivity index (χ0) is 14.5. The second-order valence-electron chi connectivity index (χ2n) is 4.63. The van der Waals surface area contributed by atoms with Gasteiger partial charge < -0.3 is 10.2 Å². The average Bonchev–Trinajstić information content (AvgIpc) is 3.22. The van der Waals surface area contributed by atoms with Crippen molar-refractivity contribution < 1.29 is 13.6 Å². The van der Waals surface area contributed by atoms with E-state index in [0.717, 1.165) is 23.5 Å². The van der Waals surface area contributed by atoms with E-state index < -0.39 is 19.0 Å². The highest BCUT2D eigenvalue weighted by atomic mass is 32.2. The van der Waals surface area contributed by atoms with Crippen LogP contribution in [0.25, 0.3) is 0 Å². The molecule has 0 heterocycles. The van der Waals surface area contributed by atoms with Crippen LogP contribution in [0.3, 0.4) is 0 Å². The molecule has 0 bridgehead atoms. The Hall–Kier alpha value is -1.30. The number of nitrogens with zero attached hydrogens (tertiary/aromatic N) is 1. The first-order chi connectivity index (χ1) is 9.61. The van der Waals surface area contributed by atoms with Crippen LogP contribution in [0.15, 0.2) is 29.2 Å². The summed E-state index contributed by atoms with van der Waals surface area (Å²) in [4.78, 5) is 14.4. The third-order valence-electron chi connectivity index (χ3n) is 3.01. The monoisotopic (exact) mass is 300 g/mol. The van der Waals surface area contributed by atoms with Gasteiger partial charge >= 0.3 is 6.03 Å². The van der Waals surface area contributed by atoms with E-state index >= 15 is 0 Å². The Kier molecular flexibility index (Phi) is 5.23. The van der Waals surface area contributed by atoms with Gasteiger partial charge in [0.05, 0.1) is 12.2 Å². The molecule has 1 saturated carbocycles. The maximum atomic E-state index is 12.5. The van der Waals surface area contributed by atoms with Crippen LogP contribution in [0.1, 0.15) is 19.8 Å². The number of alkyl halides is 2. The van der Waals surface area contributed by atoms with Gasteiger partial charge in [-0.25, -0.2) is 13.6 Å². The number of anilines is 1. The van der Waals surface area contributed by atoms with Gasteiger partial charge in [-0.15, -0.1) is 11.8 Å². The number of carbonyl (C=O) groups excluding carboxylic acids is 1. The normalized spacial score (nSPS) is 14.4. The number of urea groups is 1. The number of halogens is 2. The minimum Gasteiger partial charge on any atom is -0.316 e. The molecule has 1 N–H and O–H groups in total. The van der Waals surface area contributed by atoms with E-state index in [1.807, 2.05) is 25.1 Å². The predicted octanol–water partition coefficient (Wildman–Crippen LogP) is 4.06. The van der Waals surface area contributed by atoms with Crippen molar-refractivity contribution in [3.8, 4) is 0 Å². The van der Waals surface area contributed by atoms with E-state index in [2.05, 4.69) is 5.32 Å². The Balaban J connectivity index is 2.05. The molecule has 0 spiro atoms. The number of carbonyl (C=O) groups is 1. The minimum absolute atomic E-state index is 0.0324. The number of amides is 2. The predicted molar refractivity (Wildman–Crippen MR) is 77.6 cm³/mol. The summed E-state index contributed by atoms with van der Waals surface area (Å²) in [6.45, 7) is 1.52. The molecule has 0 aliphatic heterocycles. The van der Waals surface area contributed by atoms with Crippen molar-refractivity contribution in [1.82, 2.24) is 4.90 Å². The highest BCUT2D eigenvalue weighted by Crippen LogP contribution is 2.30. The van der Waals surface area contributed by atoms with Gasteiger partial charge in [0.25, 0.3) is 6.43 Å². The number of thioether (sulfide) groups is 1. The topological polar surface area (TPSA) is 32.3 Å². The highest BCUT2D eigenvalue weighted by Gasteiger charge is 2.34. The molecule has 1 aliphatic carbocycles. The summed E-state index contributed by atoms with van der Waals surface area (Å²) in [6, 6.07) is 6.96. The molecule has 3 nitrogen and oxygen atoms in total. The lowest BCUT2D eigenvalue weighted by Gasteiger charge is -2.23. The van der Waals surface area contributed by atoms with E-state index in [-0.39, 0.29) is 6.04 Å². The standard InChI is InChI=1S/C14H18F2N2OS/c1-2-20-12-6-4-3-5-11(12)17-14(19)18(9-13(15)16)10-7-8-10/h3-6,10,13H,2,7-9H2,1H3,(H,17,19). The van der Waals surface area contributed by atoms with E-state index in [1.54, 1.807) is 17.8 Å². The third-order valence-corrected chi connectivity index (χ3v) is 3.97. The fourth-order valence-electron chi connectivity index (χ4n) is 1.97. The molecular formula is C14H18F2N2OS. The number of hydrogen-bond acceptors (Lipinski definition) is 2. The van der Waals surface area contributed by atoms with E-state index in [1.165, 1.54) is 4.90 Å². The van der Waals surface area contributed by atoms with Crippen molar-refractivity contribution in [2.75, 3.05) is 17.6 Å². The Morgan fingerprint density at radius 1 is 1.45 bits per heavy atom. The average molecular weight is 300 g/mol. The van der Waals surface area contributed by atoms with Crippen molar-refractivity contribution in [1.29, 1.82) is 0 Å². The molecule has 0 radical (unpaired) electrons. The Bertz CT molecular complexity index is 466. The lowest BCUT2D eigenvalue weighted by atomic mass is 10.3. The second kappa shape index (κ2) is 6.92. The van der Waals surface area contributed by atoms with Crippen LogP contribution in [0.2, 0.25) is 0 Å². The molecule has 1 aliphatic rings. The molecule has 1 fully saturated rings. The summed E-state index contributed by atoms with van der Waals surface area (Å²) in [6.07, 6.45) is -0.876. The minimum atomic E-state index is -2.50. The number of para-hydroxylation sites is 1. The fraction of sp³-hybridized carbons (Fsp3) is 0.500. The lowest BCUT2D eigenvalue weighted by molar-refractivity contribution is 0.0994. The molecule has 20 heavy (non-hydrogen) atoms. The lowest BCUT2D eigenvalue weighted by Crippen LogP contribution is -2.40. The zero-order valence-corrected chi connectivity index (χ0v) is 12.1. The van der Waals surface area contributed by atoms with Crippen molar-refractivity contribution in [2.24, 2.45) is 0 Å². The van der Waals surface area contributed by atoms with Crippen LogP contribution in [-0.4, -0.2) is 35.7 Å². The fourth-order valence-corrected chi connectivity index (χ4v) is 2.73. The molecule has 0 aromatic heterocycles. The Labute approximate surface area is 121 Å². The molecule has 6 heteroatoms. The Morgan fingerprint density at radius 2 is 2.15 bits per heavy atom. The summed E-state index contributed by atoms with van der Waals surface area (Å²) >= 11 is 1.61. The number of rotatable bonds is 6. The van der Waals surface area contributed by atoms with E-state index in [4.69, 9.17) is 0 Å². The largest absolute Gasteiger partial charge is 0.322 e. The molecular weight excluding hydrogens is 282 g/mol. The van der Waals surface area contributed by atoms with Gasteiger partial charge in [-0.1, -0.05) is 19.1 Å². The van der Waals surface area contributed by atoms with Crippen LogP contribution in [0.5, 0.6) is 0 Å². The Morgan fingerprint density at radius 3 is 2.75 bits per heavy atom. The van der Waals surface area contributed by atoms with E-state index in [0.29, 0.717) is 5.69 Å². The number of nitrogens with one attached hydrogen (secondary N) is 1. The third kappa shape index (κ3) is 4.10. The molecule has 2 amide bonds. The highest BCUT2D eigenvalue weighted by molar-refractivity contribution is 7.99. The summed E-state index contributed by atoms with van der Waals surface area (Å²) in [5.74, 6) is 0.885. The maximum Gasteiger partial charge on any atom is 0.322 e. The van der Waals surface area contributed by atoms with Crippen LogP contribution in [-0.2, 0) is 0 Å². The summed E-state index contributed by atoms with van der Waals surface area (Å²) < 4.78 is 25.1. The van der Waals surface area contributed by atoms with Gasteiger partial charge in [-0.05, 0) is 30.7 Å². The van der Waals surface area contributed by atoms with Gasteiger partial charge in [-0.3, -0.25) is 0 Å².